The number of hydrogen-bond donors (Lipinski definition) is 2. The van der Waals surface area contributed by atoms with Crippen molar-refractivity contribution in [3.8, 4) is 0 Å². The van der Waals surface area contributed by atoms with Gasteiger partial charge < -0.3 is 10.6 Å². The molecule has 1 aliphatic carbocycles. The van der Waals surface area contributed by atoms with Crippen molar-refractivity contribution in [2.75, 3.05) is 7.05 Å². The Morgan fingerprint density at radius 1 is 1.10 bits per heavy atom. The average Bonchev–Trinajstić information content (AvgIpc) is 2.53. The summed E-state index contributed by atoms with van der Waals surface area (Å²) in [6.45, 7) is 0. The highest BCUT2D eigenvalue weighted by Crippen LogP contribution is 2.17. The van der Waals surface area contributed by atoms with Crippen molar-refractivity contribution in [1.82, 2.24) is 10.6 Å². The van der Waals surface area contributed by atoms with Crippen LogP contribution in [0.1, 0.15) is 48.0 Å². The van der Waals surface area contributed by atoms with Gasteiger partial charge in [0.25, 0.3) is 5.91 Å². The van der Waals surface area contributed by atoms with Crippen LogP contribution in [0.15, 0.2) is 30.3 Å². The molecular weight excluding hydrogens is 264 g/mol. The molecule has 2 N–H and O–H groups in total. The molecule has 0 heterocycles. The van der Waals surface area contributed by atoms with Gasteiger partial charge in [0.1, 0.15) is 0 Å². The van der Waals surface area contributed by atoms with Gasteiger partial charge >= 0.3 is 0 Å². The van der Waals surface area contributed by atoms with E-state index in [9.17, 15) is 9.59 Å². The van der Waals surface area contributed by atoms with Gasteiger partial charge in [-0.05, 0) is 36.6 Å². The Kier molecular flexibility index (Phi) is 5.55. The van der Waals surface area contributed by atoms with E-state index in [0.717, 1.165) is 18.4 Å². The quantitative estimate of drug-likeness (QED) is 0.836. The van der Waals surface area contributed by atoms with Gasteiger partial charge in [0, 0.05) is 24.7 Å². The minimum atomic E-state index is -0.111. The fraction of sp³-hybridized carbons (Fsp3) is 0.412. The van der Waals surface area contributed by atoms with Gasteiger partial charge in [-0.25, -0.2) is 0 Å². The van der Waals surface area contributed by atoms with Gasteiger partial charge in [-0.3, -0.25) is 9.59 Å². The van der Waals surface area contributed by atoms with Crippen molar-refractivity contribution in [1.29, 1.82) is 0 Å². The van der Waals surface area contributed by atoms with E-state index >= 15 is 0 Å². The number of carbonyl (C=O) groups is 2. The predicted molar refractivity (Wildman–Crippen MR) is 83.9 cm³/mol. The van der Waals surface area contributed by atoms with Gasteiger partial charge in [0.2, 0.25) is 5.91 Å². The summed E-state index contributed by atoms with van der Waals surface area (Å²) in [4.78, 5) is 23.3. The van der Waals surface area contributed by atoms with E-state index < -0.39 is 0 Å². The minimum absolute atomic E-state index is 0.0442. The third-order valence-corrected chi connectivity index (χ3v) is 3.78. The molecule has 0 aliphatic heterocycles. The summed E-state index contributed by atoms with van der Waals surface area (Å²) in [5, 5.41) is 5.61. The molecule has 4 nitrogen and oxygen atoms in total. The molecule has 4 heteroatoms. The van der Waals surface area contributed by atoms with Crippen LogP contribution in [0.25, 0.3) is 6.08 Å². The standard InChI is InChI=1S/C17H22N2O2/c1-18-17(21)14-10-7-13(8-11-14)9-12-16(20)19-15-5-3-2-4-6-15/h7-12,15H,2-6H2,1H3,(H,18,21)(H,19,20)/b12-9+. The molecule has 1 saturated carbocycles. The van der Waals surface area contributed by atoms with Crippen LogP contribution in [-0.2, 0) is 4.79 Å². The molecule has 0 spiro atoms. The second-order valence-corrected chi connectivity index (χ2v) is 5.38. The molecule has 1 aromatic rings. The topological polar surface area (TPSA) is 58.2 Å². The molecule has 21 heavy (non-hydrogen) atoms. The van der Waals surface area contributed by atoms with Crippen molar-refractivity contribution < 1.29 is 9.59 Å². The second kappa shape index (κ2) is 7.62. The van der Waals surface area contributed by atoms with Crippen molar-refractivity contribution in [3.05, 3.63) is 41.5 Å². The summed E-state index contributed by atoms with van der Waals surface area (Å²) in [6.07, 6.45) is 9.18. The minimum Gasteiger partial charge on any atom is -0.355 e. The molecule has 0 radical (unpaired) electrons. The average molecular weight is 286 g/mol. The van der Waals surface area contributed by atoms with Crippen molar-refractivity contribution in [2.45, 2.75) is 38.1 Å². The molecule has 1 fully saturated rings. The van der Waals surface area contributed by atoms with Crippen LogP contribution < -0.4 is 10.6 Å². The first-order chi connectivity index (χ1) is 10.2. The highest BCUT2D eigenvalue weighted by molar-refractivity contribution is 5.94. The van der Waals surface area contributed by atoms with E-state index in [1.807, 2.05) is 12.1 Å². The molecule has 2 amide bonds. The van der Waals surface area contributed by atoms with Crippen molar-refractivity contribution >= 4 is 17.9 Å². The maximum absolute atomic E-state index is 11.8. The summed E-state index contributed by atoms with van der Waals surface area (Å²) in [6, 6.07) is 7.48. The fourth-order valence-electron chi connectivity index (χ4n) is 2.56. The van der Waals surface area contributed by atoms with E-state index in [1.165, 1.54) is 19.3 Å². The van der Waals surface area contributed by atoms with Gasteiger partial charge in [-0.15, -0.1) is 0 Å². The molecular formula is C17H22N2O2. The Morgan fingerprint density at radius 2 is 1.76 bits per heavy atom. The zero-order valence-electron chi connectivity index (χ0n) is 12.4. The first-order valence-electron chi connectivity index (χ1n) is 7.50. The Bertz CT molecular complexity index is 514. The lowest BCUT2D eigenvalue weighted by atomic mass is 9.95. The number of benzene rings is 1. The molecule has 2 rings (SSSR count). The van der Waals surface area contributed by atoms with E-state index in [2.05, 4.69) is 10.6 Å². The maximum atomic E-state index is 11.8. The van der Waals surface area contributed by atoms with Gasteiger partial charge in [-0.1, -0.05) is 31.4 Å². The summed E-state index contributed by atoms with van der Waals surface area (Å²) >= 11 is 0. The zero-order valence-corrected chi connectivity index (χ0v) is 12.4. The van der Waals surface area contributed by atoms with E-state index in [4.69, 9.17) is 0 Å². The SMILES string of the molecule is CNC(=O)c1ccc(/C=C/C(=O)NC2CCCCC2)cc1. The predicted octanol–water partition coefficient (Wildman–Crippen LogP) is 2.51. The van der Waals surface area contributed by atoms with Gasteiger partial charge in [0.15, 0.2) is 0 Å². The summed E-state index contributed by atoms with van der Waals surface area (Å²) in [5.41, 5.74) is 1.52. The van der Waals surface area contributed by atoms with Crippen LogP contribution >= 0.6 is 0 Å². The Hall–Kier alpha value is -2.10. The highest BCUT2D eigenvalue weighted by Gasteiger charge is 2.14. The lowest BCUT2D eigenvalue weighted by molar-refractivity contribution is -0.117. The van der Waals surface area contributed by atoms with Crippen LogP contribution in [0.2, 0.25) is 0 Å². The van der Waals surface area contributed by atoms with Crippen LogP contribution in [0, 0.1) is 0 Å². The van der Waals surface area contributed by atoms with E-state index in [-0.39, 0.29) is 11.8 Å². The Balaban J connectivity index is 1.87. The Labute approximate surface area is 125 Å². The van der Waals surface area contributed by atoms with Gasteiger partial charge in [-0.2, -0.15) is 0 Å². The first kappa shape index (κ1) is 15.3. The number of nitrogens with one attached hydrogen (secondary N) is 2. The smallest absolute Gasteiger partial charge is 0.251 e. The summed E-state index contributed by atoms with van der Waals surface area (Å²) in [5.74, 6) is -0.155. The molecule has 1 aromatic carbocycles. The number of amides is 2. The third-order valence-electron chi connectivity index (χ3n) is 3.78. The molecule has 0 atom stereocenters. The van der Waals surface area contributed by atoms with Crippen molar-refractivity contribution in [2.24, 2.45) is 0 Å². The number of rotatable bonds is 4. The second-order valence-electron chi connectivity index (χ2n) is 5.38. The molecule has 1 aliphatic rings. The highest BCUT2D eigenvalue weighted by atomic mass is 16.2. The molecule has 0 aromatic heterocycles. The summed E-state index contributed by atoms with van der Waals surface area (Å²) < 4.78 is 0. The van der Waals surface area contributed by atoms with Crippen LogP contribution in [0.3, 0.4) is 0 Å². The lowest BCUT2D eigenvalue weighted by Gasteiger charge is -2.21. The van der Waals surface area contributed by atoms with E-state index in [1.54, 1.807) is 31.3 Å². The first-order valence-corrected chi connectivity index (χ1v) is 7.50. The fourth-order valence-corrected chi connectivity index (χ4v) is 2.56. The largest absolute Gasteiger partial charge is 0.355 e. The van der Waals surface area contributed by atoms with Crippen molar-refractivity contribution in [3.63, 3.8) is 0 Å². The third kappa shape index (κ3) is 4.74. The Morgan fingerprint density at radius 3 is 2.38 bits per heavy atom. The van der Waals surface area contributed by atoms with Crippen LogP contribution in [-0.4, -0.2) is 24.9 Å². The number of carbonyl (C=O) groups excluding carboxylic acids is 2. The number of hydrogen-bond acceptors (Lipinski definition) is 2. The lowest BCUT2D eigenvalue weighted by Crippen LogP contribution is -2.34. The molecule has 112 valence electrons. The zero-order chi connectivity index (χ0) is 15.1. The molecule has 0 saturated heterocycles. The molecule has 0 unspecified atom stereocenters. The van der Waals surface area contributed by atoms with Crippen LogP contribution in [0.4, 0.5) is 0 Å². The van der Waals surface area contributed by atoms with Gasteiger partial charge in [0.05, 0.1) is 0 Å². The molecule has 0 bridgehead atoms. The van der Waals surface area contributed by atoms with Crippen LogP contribution in [0.5, 0.6) is 0 Å². The normalized spacial score (nSPS) is 15.9. The maximum Gasteiger partial charge on any atom is 0.251 e. The summed E-state index contributed by atoms with van der Waals surface area (Å²) in [7, 11) is 1.60. The monoisotopic (exact) mass is 286 g/mol. The van der Waals surface area contributed by atoms with E-state index in [0.29, 0.717) is 11.6 Å².